The second kappa shape index (κ2) is 6.35. The Morgan fingerprint density at radius 2 is 2.13 bits per heavy atom. The van der Waals surface area contributed by atoms with Gasteiger partial charge >= 0.3 is 0 Å². The topological polar surface area (TPSA) is 71.8 Å². The number of nitrogens with zero attached hydrogens (tertiary/aromatic N) is 1. The highest BCUT2D eigenvalue weighted by Crippen LogP contribution is 2.27. The molecule has 1 aromatic heterocycles. The fourth-order valence-corrected chi connectivity index (χ4v) is 3.71. The van der Waals surface area contributed by atoms with Crippen molar-refractivity contribution in [1.82, 2.24) is 9.62 Å². The van der Waals surface area contributed by atoms with E-state index in [-0.39, 0.29) is 17.5 Å². The first-order chi connectivity index (χ1) is 11.0. The lowest BCUT2D eigenvalue weighted by molar-refractivity contribution is 0.259. The van der Waals surface area contributed by atoms with E-state index in [0.717, 1.165) is 23.5 Å². The van der Waals surface area contributed by atoms with Crippen molar-refractivity contribution in [1.29, 1.82) is 0 Å². The van der Waals surface area contributed by atoms with Gasteiger partial charge in [0.2, 0.25) is 10.0 Å². The summed E-state index contributed by atoms with van der Waals surface area (Å²) in [6, 6.07) is 8.43. The van der Waals surface area contributed by atoms with Crippen LogP contribution in [0.5, 0.6) is 5.75 Å². The predicted octanol–water partition coefficient (Wildman–Crippen LogP) is 1.80. The molecule has 6 nitrogen and oxygen atoms in total. The van der Waals surface area contributed by atoms with Crippen LogP contribution < -0.4 is 9.46 Å². The highest BCUT2D eigenvalue weighted by Gasteiger charge is 2.23. The van der Waals surface area contributed by atoms with Crippen molar-refractivity contribution in [2.24, 2.45) is 0 Å². The van der Waals surface area contributed by atoms with Crippen LogP contribution >= 0.6 is 0 Å². The van der Waals surface area contributed by atoms with Gasteiger partial charge in [0.1, 0.15) is 11.5 Å². The third-order valence-electron chi connectivity index (χ3n) is 3.93. The van der Waals surface area contributed by atoms with Gasteiger partial charge in [-0.05, 0) is 50.0 Å². The smallest absolute Gasteiger partial charge is 0.240 e. The summed E-state index contributed by atoms with van der Waals surface area (Å²) in [7, 11) is 0.191. The molecule has 0 unspecified atom stereocenters. The van der Waals surface area contributed by atoms with Gasteiger partial charge in [-0.3, -0.25) is 4.90 Å². The van der Waals surface area contributed by atoms with Crippen molar-refractivity contribution < 1.29 is 17.6 Å². The molecular weight excluding hydrogens is 316 g/mol. The van der Waals surface area contributed by atoms with Crippen LogP contribution in [0.3, 0.4) is 0 Å². The molecule has 1 aliphatic heterocycles. The third-order valence-corrected chi connectivity index (χ3v) is 5.35. The number of sulfonamides is 1. The minimum absolute atomic E-state index is 0.169. The van der Waals surface area contributed by atoms with Crippen LogP contribution in [0, 0.1) is 0 Å². The number of nitrogens with one attached hydrogen (secondary N) is 1. The first kappa shape index (κ1) is 16.0. The zero-order valence-electron chi connectivity index (χ0n) is 13.2. The molecule has 2 aromatic rings. The maximum absolute atomic E-state index is 12.5. The Bertz CT molecular complexity index is 769. The lowest BCUT2D eigenvalue weighted by Gasteiger charge is -2.22. The van der Waals surface area contributed by atoms with Crippen molar-refractivity contribution in [2.45, 2.75) is 17.4 Å². The Balaban J connectivity index is 1.76. The van der Waals surface area contributed by atoms with Gasteiger partial charge in [-0.1, -0.05) is 0 Å². The molecule has 3 rings (SSSR count). The summed E-state index contributed by atoms with van der Waals surface area (Å²) in [5.41, 5.74) is 0.933. The minimum Gasteiger partial charge on any atom is -0.493 e. The van der Waals surface area contributed by atoms with Gasteiger partial charge in [-0.15, -0.1) is 0 Å². The average molecular weight is 336 g/mol. The third kappa shape index (κ3) is 3.41. The van der Waals surface area contributed by atoms with Gasteiger partial charge in [-0.2, -0.15) is 0 Å². The summed E-state index contributed by atoms with van der Waals surface area (Å²) >= 11 is 0. The van der Waals surface area contributed by atoms with Crippen LogP contribution in [0.25, 0.3) is 0 Å². The average Bonchev–Trinajstić information content (AvgIpc) is 3.17. The summed E-state index contributed by atoms with van der Waals surface area (Å²) in [5.74, 6) is 1.49. The monoisotopic (exact) mass is 336 g/mol. The number of rotatable bonds is 6. The number of likely N-dealkylation sites (N-methyl/N-ethyl adjacent to an activating group) is 1. The maximum atomic E-state index is 12.5. The van der Waals surface area contributed by atoms with Crippen molar-refractivity contribution in [3.8, 4) is 5.75 Å². The predicted molar refractivity (Wildman–Crippen MR) is 86.0 cm³/mol. The largest absolute Gasteiger partial charge is 0.493 e. The number of fused-ring (bicyclic) bond motifs is 1. The first-order valence-electron chi connectivity index (χ1n) is 7.42. The molecular formula is C16H20N2O4S. The summed E-state index contributed by atoms with van der Waals surface area (Å²) in [6.45, 7) is 0.837. The molecule has 0 amide bonds. The van der Waals surface area contributed by atoms with Gasteiger partial charge < -0.3 is 9.15 Å². The highest BCUT2D eigenvalue weighted by molar-refractivity contribution is 7.89. The molecule has 23 heavy (non-hydrogen) atoms. The molecule has 0 spiro atoms. The van der Waals surface area contributed by atoms with Crippen LogP contribution in [0.4, 0.5) is 0 Å². The van der Waals surface area contributed by atoms with Gasteiger partial charge in [0, 0.05) is 13.0 Å². The molecule has 1 aromatic carbocycles. The number of ether oxygens (including phenoxy) is 1. The van der Waals surface area contributed by atoms with Crippen molar-refractivity contribution in [3.63, 3.8) is 0 Å². The zero-order chi connectivity index (χ0) is 16.4. The van der Waals surface area contributed by atoms with E-state index < -0.39 is 10.0 Å². The van der Waals surface area contributed by atoms with E-state index in [1.54, 1.807) is 30.5 Å². The molecule has 0 radical (unpaired) electrons. The SMILES string of the molecule is CN(C)[C@@H](CNS(=O)(=O)c1ccc2c(c1)CCO2)c1ccco1. The second-order valence-electron chi connectivity index (χ2n) is 5.71. The van der Waals surface area contributed by atoms with Crippen LogP contribution in [-0.2, 0) is 16.4 Å². The summed E-state index contributed by atoms with van der Waals surface area (Å²) < 4.78 is 38.5. The van der Waals surface area contributed by atoms with Crippen molar-refractivity contribution in [3.05, 3.63) is 47.9 Å². The molecule has 1 N–H and O–H groups in total. The number of hydrogen-bond acceptors (Lipinski definition) is 5. The molecule has 1 aliphatic rings. The van der Waals surface area contributed by atoms with Gasteiger partial charge in [0.25, 0.3) is 0 Å². The highest BCUT2D eigenvalue weighted by atomic mass is 32.2. The van der Waals surface area contributed by atoms with E-state index in [0.29, 0.717) is 6.61 Å². The molecule has 0 bridgehead atoms. The van der Waals surface area contributed by atoms with Crippen LogP contribution in [0.2, 0.25) is 0 Å². The zero-order valence-corrected chi connectivity index (χ0v) is 14.0. The second-order valence-corrected chi connectivity index (χ2v) is 7.48. The van der Waals surface area contributed by atoms with Crippen LogP contribution in [0.1, 0.15) is 17.4 Å². The molecule has 1 atom stereocenters. The Morgan fingerprint density at radius 3 is 2.83 bits per heavy atom. The number of hydrogen-bond donors (Lipinski definition) is 1. The Morgan fingerprint density at radius 1 is 1.30 bits per heavy atom. The molecule has 0 saturated heterocycles. The summed E-state index contributed by atoms with van der Waals surface area (Å²) in [5, 5.41) is 0. The first-order valence-corrected chi connectivity index (χ1v) is 8.91. The van der Waals surface area contributed by atoms with Gasteiger partial charge in [0.05, 0.1) is 23.8 Å². The number of furan rings is 1. The van der Waals surface area contributed by atoms with Gasteiger partial charge in [-0.25, -0.2) is 13.1 Å². The van der Waals surface area contributed by atoms with E-state index in [1.807, 2.05) is 25.1 Å². The van der Waals surface area contributed by atoms with E-state index in [2.05, 4.69) is 4.72 Å². The molecule has 0 saturated carbocycles. The summed E-state index contributed by atoms with van der Waals surface area (Å²) in [6.07, 6.45) is 2.33. The quantitative estimate of drug-likeness (QED) is 0.871. The molecule has 0 fully saturated rings. The lowest BCUT2D eigenvalue weighted by atomic mass is 10.2. The van der Waals surface area contributed by atoms with Gasteiger partial charge in [0.15, 0.2) is 0 Å². The Kier molecular flexibility index (Phi) is 4.43. The molecule has 2 heterocycles. The fraction of sp³-hybridized carbons (Fsp3) is 0.375. The Hall–Kier alpha value is -1.83. The minimum atomic E-state index is -3.58. The Labute approximate surface area is 136 Å². The summed E-state index contributed by atoms with van der Waals surface area (Å²) in [4.78, 5) is 2.18. The van der Waals surface area contributed by atoms with Crippen molar-refractivity contribution >= 4 is 10.0 Å². The standard InChI is InChI=1S/C16H20N2O4S/c1-18(2)14(16-4-3-8-21-16)11-17-23(19,20)13-5-6-15-12(10-13)7-9-22-15/h3-6,8,10,14,17H,7,9,11H2,1-2H3/t14-/m0/s1. The van der Waals surface area contributed by atoms with E-state index in [4.69, 9.17) is 9.15 Å². The van der Waals surface area contributed by atoms with Crippen LogP contribution in [-0.4, -0.2) is 40.6 Å². The van der Waals surface area contributed by atoms with E-state index in [1.165, 1.54) is 0 Å². The molecule has 124 valence electrons. The molecule has 0 aliphatic carbocycles. The van der Waals surface area contributed by atoms with Crippen molar-refractivity contribution in [2.75, 3.05) is 27.2 Å². The fourth-order valence-electron chi connectivity index (χ4n) is 2.62. The normalized spacial score (nSPS) is 15.4. The maximum Gasteiger partial charge on any atom is 0.240 e. The van der Waals surface area contributed by atoms with E-state index >= 15 is 0 Å². The van der Waals surface area contributed by atoms with E-state index in [9.17, 15) is 8.42 Å². The lowest BCUT2D eigenvalue weighted by Crippen LogP contribution is -2.34. The molecule has 7 heteroatoms. The van der Waals surface area contributed by atoms with Crippen LogP contribution in [0.15, 0.2) is 45.9 Å². The number of benzene rings is 1.